The average Bonchev–Trinajstić information content (AvgIpc) is 3.10. The molecule has 1 heterocycles. The highest BCUT2D eigenvalue weighted by Gasteiger charge is 2.32. The molecule has 0 unspecified atom stereocenters. The van der Waals surface area contributed by atoms with Crippen molar-refractivity contribution >= 4 is 17.1 Å². The van der Waals surface area contributed by atoms with E-state index in [-0.39, 0.29) is 11.3 Å². The van der Waals surface area contributed by atoms with E-state index < -0.39 is 17.7 Å². The molecule has 0 bridgehead atoms. The Hall–Kier alpha value is -2.83. The lowest BCUT2D eigenvalue weighted by atomic mass is 9.95. The number of hydrogen-bond acceptors (Lipinski definition) is 4. The number of alkyl halides is 3. The van der Waals surface area contributed by atoms with E-state index in [1.165, 1.54) is 7.11 Å². The van der Waals surface area contributed by atoms with Crippen LogP contribution in [0, 0.1) is 6.92 Å². The molecule has 142 valence electrons. The predicted molar refractivity (Wildman–Crippen MR) is 94.1 cm³/mol. The van der Waals surface area contributed by atoms with E-state index in [1.54, 1.807) is 19.2 Å². The summed E-state index contributed by atoms with van der Waals surface area (Å²) in [5.74, 6) is -0.727. The molecule has 7 heteroatoms. The molecule has 0 saturated heterocycles. The van der Waals surface area contributed by atoms with Gasteiger partial charge < -0.3 is 9.84 Å². The standard InChI is InChI=1S/C20H18F3NO3/c1-11-16(19(26)27-2)8-12(10-24-11)14-4-3-5-15(14)17-9-13(20(21,22)23)6-7-18(17)25/h6-10,25H,3-5H2,1-2H3. The van der Waals surface area contributed by atoms with E-state index in [0.29, 0.717) is 35.2 Å². The zero-order valence-electron chi connectivity index (χ0n) is 14.9. The molecule has 0 saturated carbocycles. The zero-order chi connectivity index (χ0) is 19.8. The van der Waals surface area contributed by atoms with E-state index in [4.69, 9.17) is 4.74 Å². The van der Waals surface area contributed by atoms with Crippen LogP contribution in [0.15, 0.2) is 30.5 Å². The number of nitrogens with zero attached hydrogens (tertiary/aromatic N) is 1. The molecule has 0 aliphatic heterocycles. The molecular formula is C20H18F3NO3. The first-order valence-corrected chi connectivity index (χ1v) is 8.40. The fourth-order valence-electron chi connectivity index (χ4n) is 3.33. The number of aromatic nitrogens is 1. The summed E-state index contributed by atoms with van der Waals surface area (Å²) in [5, 5.41) is 10.2. The van der Waals surface area contributed by atoms with Gasteiger partial charge in [0.15, 0.2) is 0 Å². The lowest BCUT2D eigenvalue weighted by Crippen LogP contribution is -2.06. The largest absolute Gasteiger partial charge is 0.507 e. The first-order chi connectivity index (χ1) is 12.7. The summed E-state index contributed by atoms with van der Waals surface area (Å²) in [5.41, 5.74) is 2.23. The molecule has 27 heavy (non-hydrogen) atoms. The topological polar surface area (TPSA) is 59.4 Å². The molecule has 2 aromatic rings. The second-order valence-electron chi connectivity index (χ2n) is 6.39. The number of pyridine rings is 1. The Kier molecular flexibility index (Phi) is 4.95. The molecule has 0 spiro atoms. The SMILES string of the molecule is COC(=O)c1cc(C2=C(c3cc(C(F)(F)F)ccc3O)CCC2)cnc1C. The fraction of sp³-hybridized carbons (Fsp3) is 0.300. The maximum atomic E-state index is 13.1. The average molecular weight is 377 g/mol. The molecule has 4 nitrogen and oxygen atoms in total. The Morgan fingerprint density at radius 1 is 1.19 bits per heavy atom. The monoisotopic (exact) mass is 377 g/mol. The molecule has 1 N–H and O–H groups in total. The van der Waals surface area contributed by atoms with Crippen LogP contribution in [-0.2, 0) is 10.9 Å². The lowest BCUT2D eigenvalue weighted by molar-refractivity contribution is -0.137. The molecule has 0 radical (unpaired) electrons. The third-order valence-electron chi connectivity index (χ3n) is 4.71. The normalized spacial score (nSPS) is 14.6. The first-order valence-electron chi connectivity index (χ1n) is 8.40. The smallest absolute Gasteiger partial charge is 0.416 e. The second-order valence-corrected chi connectivity index (χ2v) is 6.39. The minimum atomic E-state index is -4.49. The van der Waals surface area contributed by atoms with Crippen molar-refractivity contribution in [3.63, 3.8) is 0 Å². The second kappa shape index (κ2) is 7.06. The van der Waals surface area contributed by atoms with Gasteiger partial charge in [-0.05, 0) is 67.2 Å². The number of allylic oxidation sites excluding steroid dienone is 2. The van der Waals surface area contributed by atoms with Crippen molar-refractivity contribution < 1.29 is 27.8 Å². The van der Waals surface area contributed by atoms with Crippen LogP contribution in [0.4, 0.5) is 13.2 Å². The maximum Gasteiger partial charge on any atom is 0.416 e. The number of methoxy groups -OCH3 is 1. The van der Waals surface area contributed by atoms with Crippen LogP contribution in [0.25, 0.3) is 11.1 Å². The Bertz CT molecular complexity index is 933. The molecule has 1 aliphatic rings. The van der Waals surface area contributed by atoms with E-state index in [9.17, 15) is 23.1 Å². The van der Waals surface area contributed by atoms with Gasteiger partial charge in [-0.3, -0.25) is 4.98 Å². The predicted octanol–water partition coefficient (Wildman–Crippen LogP) is 5.00. The number of rotatable bonds is 3. The lowest BCUT2D eigenvalue weighted by Gasteiger charge is -2.14. The van der Waals surface area contributed by atoms with Crippen molar-refractivity contribution in [3.05, 3.63) is 58.4 Å². The summed E-state index contributed by atoms with van der Waals surface area (Å²) < 4.78 is 44.0. The van der Waals surface area contributed by atoms with Crippen LogP contribution in [0.3, 0.4) is 0 Å². The van der Waals surface area contributed by atoms with E-state index in [2.05, 4.69) is 4.98 Å². The number of esters is 1. The number of phenolic OH excluding ortho intramolecular Hbond substituents is 1. The van der Waals surface area contributed by atoms with Crippen LogP contribution in [0.2, 0.25) is 0 Å². The molecule has 1 aromatic carbocycles. The minimum absolute atomic E-state index is 0.164. The Labute approximate surface area is 154 Å². The van der Waals surface area contributed by atoms with Gasteiger partial charge in [0.25, 0.3) is 0 Å². The number of phenols is 1. The van der Waals surface area contributed by atoms with Gasteiger partial charge in [-0.25, -0.2) is 4.79 Å². The molecule has 0 fully saturated rings. The van der Waals surface area contributed by atoms with Gasteiger partial charge in [0.05, 0.1) is 23.9 Å². The van der Waals surface area contributed by atoms with E-state index in [1.807, 2.05) is 0 Å². The summed E-state index contributed by atoms with van der Waals surface area (Å²) in [6, 6.07) is 4.53. The summed E-state index contributed by atoms with van der Waals surface area (Å²) >= 11 is 0. The molecule has 3 rings (SSSR count). The number of carbonyl (C=O) groups excluding carboxylic acids is 1. The number of halogens is 3. The quantitative estimate of drug-likeness (QED) is 0.765. The van der Waals surface area contributed by atoms with Crippen molar-refractivity contribution in [1.29, 1.82) is 0 Å². The summed E-state index contributed by atoms with van der Waals surface area (Å²) in [6.07, 6.45) is -1.01. The van der Waals surface area contributed by atoms with Crippen LogP contribution >= 0.6 is 0 Å². The number of benzene rings is 1. The fourth-order valence-corrected chi connectivity index (χ4v) is 3.33. The first kappa shape index (κ1) is 18.9. The maximum absolute atomic E-state index is 13.1. The zero-order valence-corrected chi connectivity index (χ0v) is 14.9. The van der Waals surface area contributed by atoms with Crippen molar-refractivity contribution in [2.24, 2.45) is 0 Å². The van der Waals surface area contributed by atoms with Crippen LogP contribution in [0.1, 0.15) is 52.0 Å². The molecule has 1 aromatic heterocycles. The molecule has 1 aliphatic carbocycles. The van der Waals surface area contributed by atoms with Crippen LogP contribution in [-0.4, -0.2) is 23.2 Å². The summed E-state index contributed by atoms with van der Waals surface area (Å²) in [7, 11) is 1.27. The van der Waals surface area contributed by atoms with E-state index >= 15 is 0 Å². The van der Waals surface area contributed by atoms with E-state index in [0.717, 1.165) is 30.2 Å². The summed E-state index contributed by atoms with van der Waals surface area (Å²) in [6.45, 7) is 1.68. The molecular weight excluding hydrogens is 359 g/mol. The molecule has 0 atom stereocenters. The highest BCUT2D eigenvalue weighted by atomic mass is 19.4. The van der Waals surface area contributed by atoms with Gasteiger partial charge in [0.2, 0.25) is 0 Å². The van der Waals surface area contributed by atoms with Crippen molar-refractivity contribution in [1.82, 2.24) is 4.98 Å². The van der Waals surface area contributed by atoms with Gasteiger partial charge in [-0.1, -0.05) is 0 Å². The third kappa shape index (κ3) is 3.67. The highest BCUT2D eigenvalue weighted by Crippen LogP contribution is 2.44. The molecule has 0 amide bonds. The Balaban J connectivity index is 2.14. The van der Waals surface area contributed by atoms with Crippen molar-refractivity contribution in [3.8, 4) is 5.75 Å². The van der Waals surface area contributed by atoms with Crippen LogP contribution in [0.5, 0.6) is 5.75 Å². The number of aromatic hydroxyl groups is 1. The van der Waals surface area contributed by atoms with Crippen molar-refractivity contribution in [2.45, 2.75) is 32.4 Å². The Morgan fingerprint density at radius 2 is 1.89 bits per heavy atom. The highest BCUT2D eigenvalue weighted by molar-refractivity contribution is 5.97. The number of carbonyl (C=O) groups is 1. The van der Waals surface area contributed by atoms with Crippen molar-refractivity contribution in [2.75, 3.05) is 7.11 Å². The third-order valence-corrected chi connectivity index (χ3v) is 4.71. The van der Waals surface area contributed by atoms with Crippen LogP contribution < -0.4 is 0 Å². The van der Waals surface area contributed by atoms with Gasteiger partial charge in [-0.2, -0.15) is 13.2 Å². The summed E-state index contributed by atoms with van der Waals surface area (Å²) in [4.78, 5) is 16.1. The van der Waals surface area contributed by atoms with Gasteiger partial charge in [0, 0.05) is 11.8 Å². The number of ether oxygens (including phenoxy) is 1. The number of aryl methyl sites for hydroxylation is 1. The van der Waals surface area contributed by atoms with Gasteiger partial charge in [0.1, 0.15) is 5.75 Å². The Morgan fingerprint density at radius 3 is 2.56 bits per heavy atom. The van der Waals surface area contributed by atoms with Gasteiger partial charge in [-0.15, -0.1) is 0 Å². The van der Waals surface area contributed by atoms with Gasteiger partial charge >= 0.3 is 12.1 Å². The number of hydrogen-bond donors (Lipinski definition) is 1. The minimum Gasteiger partial charge on any atom is -0.507 e.